The van der Waals surface area contributed by atoms with Gasteiger partial charge in [0.1, 0.15) is 0 Å². The zero-order chi connectivity index (χ0) is 12.4. The van der Waals surface area contributed by atoms with E-state index in [2.05, 4.69) is 10.1 Å². The first-order valence-electron chi connectivity index (χ1n) is 5.36. The molecule has 0 fully saturated rings. The lowest BCUT2D eigenvalue weighted by Crippen LogP contribution is -2.04. The van der Waals surface area contributed by atoms with Gasteiger partial charge in [0.15, 0.2) is 5.69 Å². The first kappa shape index (κ1) is 11.3. The summed E-state index contributed by atoms with van der Waals surface area (Å²) >= 11 is 0. The van der Waals surface area contributed by atoms with Crippen molar-refractivity contribution in [3.8, 4) is 5.69 Å². The zero-order valence-corrected chi connectivity index (χ0v) is 9.71. The molecule has 2 aromatic heterocycles. The van der Waals surface area contributed by atoms with Crippen molar-refractivity contribution in [1.82, 2.24) is 14.8 Å². The molecule has 2 aromatic rings. The molecule has 0 aliphatic rings. The van der Waals surface area contributed by atoms with E-state index in [9.17, 15) is 4.79 Å². The number of carbonyl (C=O) groups is 1. The fourth-order valence-corrected chi connectivity index (χ4v) is 1.65. The van der Waals surface area contributed by atoms with Crippen molar-refractivity contribution in [1.29, 1.82) is 0 Å². The maximum atomic E-state index is 10.9. The summed E-state index contributed by atoms with van der Waals surface area (Å²) in [6.45, 7) is 3.89. The topological polar surface area (TPSA) is 68.0 Å². The summed E-state index contributed by atoms with van der Waals surface area (Å²) in [7, 11) is 0. The second-order valence-electron chi connectivity index (χ2n) is 3.81. The highest BCUT2D eigenvalue weighted by Gasteiger charge is 2.13. The molecule has 5 heteroatoms. The van der Waals surface area contributed by atoms with Crippen molar-refractivity contribution >= 4 is 5.97 Å². The van der Waals surface area contributed by atoms with Crippen LogP contribution in [-0.2, 0) is 6.42 Å². The first-order valence-corrected chi connectivity index (χ1v) is 5.36. The van der Waals surface area contributed by atoms with Crippen LogP contribution in [0.2, 0.25) is 0 Å². The molecule has 0 aliphatic heterocycles. The molecular weight excluding hydrogens is 218 g/mol. The first-order chi connectivity index (χ1) is 8.11. The SMILES string of the molecule is CCc1cc(C(=O)O)nn1-c1cncc(C)c1. The molecule has 0 saturated carbocycles. The Morgan fingerprint density at radius 1 is 1.41 bits per heavy atom. The van der Waals surface area contributed by atoms with E-state index in [0.29, 0.717) is 6.42 Å². The third kappa shape index (κ3) is 2.18. The highest BCUT2D eigenvalue weighted by Crippen LogP contribution is 2.13. The van der Waals surface area contributed by atoms with Gasteiger partial charge in [-0.25, -0.2) is 9.48 Å². The van der Waals surface area contributed by atoms with Crippen molar-refractivity contribution in [2.75, 3.05) is 0 Å². The Kier molecular flexibility index (Phi) is 2.91. The molecule has 0 saturated heterocycles. The smallest absolute Gasteiger partial charge is 0.356 e. The number of aromatic carboxylic acids is 1. The fraction of sp³-hybridized carbons (Fsp3) is 0.250. The lowest BCUT2D eigenvalue weighted by atomic mass is 10.2. The lowest BCUT2D eigenvalue weighted by Gasteiger charge is -2.05. The van der Waals surface area contributed by atoms with Gasteiger partial charge in [0, 0.05) is 11.9 Å². The van der Waals surface area contributed by atoms with Gasteiger partial charge in [-0.2, -0.15) is 5.10 Å². The number of aromatic nitrogens is 3. The van der Waals surface area contributed by atoms with E-state index in [1.165, 1.54) is 0 Å². The summed E-state index contributed by atoms with van der Waals surface area (Å²) in [5.41, 5.74) is 2.71. The van der Waals surface area contributed by atoms with Crippen LogP contribution in [0.3, 0.4) is 0 Å². The molecule has 0 bridgehead atoms. The van der Waals surface area contributed by atoms with E-state index < -0.39 is 5.97 Å². The quantitative estimate of drug-likeness (QED) is 0.875. The zero-order valence-electron chi connectivity index (χ0n) is 9.71. The predicted molar refractivity (Wildman–Crippen MR) is 62.4 cm³/mol. The van der Waals surface area contributed by atoms with E-state index in [4.69, 9.17) is 5.11 Å². The van der Waals surface area contributed by atoms with Crippen LogP contribution in [-0.4, -0.2) is 25.8 Å². The van der Waals surface area contributed by atoms with Crippen LogP contribution < -0.4 is 0 Å². The van der Waals surface area contributed by atoms with Crippen LogP contribution in [0.5, 0.6) is 0 Å². The molecule has 2 rings (SSSR count). The molecule has 0 spiro atoms. The Morgan fingerprint density at radius 2 is 2.18 bits per heavy atom. The predicted octanol–water partition coefficient (Wildman–Crippen LogP) is 1.84. The maximum Gasteiger partial charge on any atom is 0.356 e. The fourth-order valence-electron chi connectivity index (χ4n) is 1.65. The number of carboxylic acids is 1. The van der Waals surface area contributed by atoms with Crippen LogP contribution in [0.15, 0.2) is 24.5 Å². The van der Waals surface area contributed by atoms with Crippen molar-refractivity contribution in [2.45, 2.75) is 20.3 Å². The molecular formula is C12H13N3O2. The molecule has 0 radical (unpaired) electrons. The van der Waals surface area contributed by atoms with Crippen molar-refractivity contribution < 1.29 is 9.90 Å². The van der Waals surface area contributed by atoms with Gasteiger partial charge >= 0.3 is 5.97 Å². The summed E-state index contributed by atoms with van der Waals surface area (Å²) < 4.78 is 1.63. The molecule has 2 heterocycles. The Morgan fingerprint density at radius 3 is 2.76 bits per heavy atom. The van der Waals surface area contributed by atoms with Gasteiger partial charge in [-0.3, -0.25) is 4.98 Å². The average Bonchev–Trinajstić information content (AvgIpc) is 2.73. The summed E-state index contributed by atoms with van der Waals surface area (Å²) in [6.07, 6.45) is 4.13. The van der Waals surface area contributed by atoms with Gasteiger partial charge in [0.2, 0.25) is 0 Å². The van der Waals surface area contributed by atoms with Gasteiger partial charge in [0.05, 0.1) is 11.9 Å². The maximum absolute atomic E-state index is 10.9. The van der Waals surface area contributed by atoms with Gasteiger partial charge < -0.3 is 5.11 Å². The largest absolute Gasteiger partial charge is 0.476 e. The van der Waals surface area contributed by atoms with E-state index in [1.807, 2.05) is 19.9 Å². The number of pyridine rings is 1. The Bertz CT molecular complexity index is 561. The monoisotopic (exact) mass is 231 g/mol. The molecule has 0 aliphatic carbocycles. The van der Waals surface area contributed by atoms with Gasteiger partial charge in [-0.15, -0.1) is 0 Å². The third-order valence-corrected chi connectivity index (χ3v) is 2.47. The lowest BCUT2D eigenvalue weighted by molar-refractivity contribution is 0.0690. The Hall–Kier alpha value is -2.17. The van der Waals surface area contributed by atoms with Crippen molar-refractivity contribution in [3.63, 3.8) is 0 Å². The van der Waals surface area contributed by atoms with Gasteiger partial charge in [-0.05, 0) is 31.0 Å². The summed E-state index contributed by atoms with van der Waals surface area (Å²) in [5.74, 6) is -1.01. The minimum Gasteiger partial charge on any atom is -0.476 e. The molecule has 5 nitrogen and oxygen atoms in total. The Balaban J connectivity index is 2.54. The van der Waals surface area contributed by atoms with Gasteiger partial charge in [-0.1, -0.05) is 6.92 Å². The van der Waals surface area contributed by atoms with Crippen molar-refractivity contribution in [2.24, 2.45) is 0 Å². The number of hydrogen-bond acceptors (Lipinski definition) is 3. The van der Waals surface area contributed by atoms with Crippen molar-refractivity contribution in [3.05, 3.63) is 41.5 Å². The molecule has 88 valence electrons. The summed E-state index contributed by atoms with van der Waals surface area (Å²) in [6, 6.07) is 3.51. The highest BCUT2D eigenvalue weighted by atomic mass is 16.4. The van der Waals surface area contributed by atoms with E-state index in [-0.39, 0.29) is 5.69 Å². The second kappa shape index (κ2) is 4.37. The van der Waals surface area contributed by atoms with Crippen LogP contribution in [0, 0.1) is 6.92 Å². The standard InChI is InChI=1S/C12H13N3O2/c1-3-9-5-11(12(16)17)14-15(9)10-4-8(2)6-13-7-10/h4-7H,3H2,1-2H3,(H,16,17). The number of rotatable bonds is 3. The molecule has 0 atom stereocenters. The van der Waals surface area contributed by atoms with Crippen LogP contribution in [0.1, 0.15) is 28.7 Å². The number of carboxylic acid groups (broad SMARTS) is 1. The van der Waals surface area contributed by atoms with Gasteiger partial charge in [0.25, 0.3) is 0 Å². The minimum atomic E-state index is -1.01. The van der Waals surface area contributed by atoms with Crippen LogP contribution in [0.25, 0.3) is 5.69 Å². The third-order valence-electron chi connectivity index (χ3n) is 2.47. The summed E-state index contributed by atoms with van der Waals surface area (Å²) in [5, 5.41) is 13.0. The number of hydrogen-bond donors (Lipinski definition) is 1. The highest BCUT2D eigenvalue weighted by molar-refractivity contribution is 5.85. The Labute approximate surface area is 98.7 Å². The second-order valence-corrected chi connectivity index (χ2v) is 3.81. The molecule has 0 unspecified atom stereocenters. The molecule has 1 N–H and O–H groups in total. The number of nitrogens with zero attached hydrogens (tertiary/aromatic N) is 3. The van der Waals surface area contributed by atoms with E-state index in [1.54, 1.807) is 23.1 Å². The molecule has 0 amide bonds. The normalized spacial score (nSPS) is 10.5. The molecule has 0 aromatic carbocycles. The summed E-state index contributed by atoms with van der Waals surface area (Å²) in [4.78, 5) is 15.0. The molecule has 17 heavy (non-hydrogen) atoms. The number of aryl methyl sites for hydroxylation is 2. The average molecular weight is 231 g/mol. The minimum absolute atomic E-state index is 0.0587. The van der Waals surface area contributed by atoms with E-state index in [0.717, 1.165) is 16.9 Å². The van der Waals surface area contributed by atoms with Crippen LogP contribution >= 0.6 is 0 Å². The van der Waals surface area contributed by atoms with E-state index >= 15 is 0 Å². The van der Waals surface area contributed by atoms with Crippen LogP contribution in [0.4, 0.5) is 0 Å².